The molecule has 2 heterocycles. The lowest BCUT2D eigenvalue weighted by atomic mass is 9.82. The number of hydrogen-bond donors (Lipinski definition) is 2. The van der Waals surface area contributed by atoms with Crippen LogP contribution >= 0.6 is 0 Å². The average Bonchev–Trinajstić information content (AvgIpc) is 2.66. The Morgan fingerprint density at radius 1 is 1.69 bits per heavy atom. The normalized spacial score (nSPS) is 24.6. The standard InChI is InChI=1S/C12H17N3O/c1-12(3-5-14-8-12)10(16)6-9-2-4-15-11(13)7-9/h2,4,7,14H,3,5-6,8H2,1H3,(H2,13,15). The van der Waals surface area contributed by atoms with E-state index in [0.29, 0.717) is 12.2 Å². The van der Waals surface area contributed by atoms with Gasteiger partial charge < -0.3 is 11.1 Å². The van der Waals surface area contributed by atoms with Crippen molar-refractivity contribution in [3.8, 4) is 0 Å². The number of nitrogens with two attached hydrogens (primary N) is 1. The van der Waals surface area contributed by atoms with E-state index in [0.717, 1.165) is 25.1 Å². The molecule has 0 amide bonds. The zero-order valence-corrected chi connectivity index (χ0v) is 9.49. The Labute approximate surface area is 95.3 Å². The SMILES string of the molecule is CC1(C(=O)Cc2ccnc(N)c2)CCNC1. The molecule has 1 atom stereocenters. The molecule has 0 spiro atoms. The molecule has 0 radical (unpaired) electrons. The summed E-state index contributed by atoms with van der Waals surface area (Å²) in [6.07, 6.45) is 3.02. The second kappa shape index (κ2) is 4.22. The molecule has 0 saturated carbocycles. The van der Waals surface area contributed by atoms with Crippen molar-refractivity contribution in [2.75, 3.05) is 18.8 Å². The Hall–Kier alpha value is -1.42. The van der Waals surface area contributed by atoms with E-state index < -0.39 is 0 Å². The molecule has 1 aromatic rings. The van der Waals surface area contributed by atoms with E-state index in [4.69, 9.17) is 5.73 Å². The fourth-order valence-corrected chi connectivity index (χ4v) is 2.06. The number of nitrogens with zero attached hydrogens (tertiary/aromatic N) is 1. The Morgan fingerprint density at radius 2 is 2.50 bits per heavy atom. The van der Waals surface area contributed by atoms with E-state index in [1.807, 2.05) is 13.0 Å². The van der Waals surface area contributed by atoms with Gasteiger partial charge in [0.15, 0.2) is 0 Å². The van der Waals surface area contributed by atoms with Crippen LogP contribution in [0.25, 0.3) is 0 Å². The quantitative estimate of drug-likeness (QED) is 0.788. The number of pyridine rings is 1. The van der Waals surface area contributed by atoms with Gasteiger partial charge in [0, 0.05) is 24.6 Å². The van der Waals surface area contributed by atoms with Gasteiger partial charge in [0.05, 0.1) is 0 Å². The van der Waals surface area contributed by atoms with Gasteiger partial charge in [-0.05, 0) is 30.7 Å². The number of nitrogens with one attached hydrogen (secondary N) is 1. The molecule has 1 fully saturated rings. The van der Waals surface area contributed by atoms with Crippen molar-refractivity contribution in [2.45, 2.75) is 19.8 Å². The van der Waals surface area contributed by atoms with Gasteiger partial charge >= 0.3 is 0 Å². The maximum atomic E-state index is 12.1. The summed E-state index contributed by atoms with van der Waals surface area (Å²) in [5.74, 6) is 0.753. The van der Waals surface area contributed by atoms with Gasteiger partial charge in [0.1, 0.15) is 11.6 Å². The molecule has 1 saturated heterocycles. The highest BCUT2D eigenvalue weighted by molar-refractivity contribution is 5.87. The summed E-state index contributed by atoms with van der Waals surface area (Å²) in [5.41, 5.74) is 6.33. The number of hydrogen-bond acceptors (Lipinski definition) is 4. The first-order chi connectivity index (χ1) is 7.60. The average molecular weight is 219 g/mol. The molecule has 2 rings (SSSR count). The highest BCUT2D eigenvalue weighted by Crippen LogP contribution is 2.27. The van der Waals surface area contributed by atoms with E-state index in [-0.39, 0.29) is 11.2 Å². The van der Waals surface area contributed by atoms with Crippen molar-refractivity contribution in [1.29, 1.82) is 0 Å². The Bertz CT molecular complexity index is 397. The van der Waals surface area contributed by atoms with E-state index in [2.05, 4.69) is 10.3 Å². The van der Waals surface area contributed by atoms with Crippen molar-refractivity contribution >= 4 is 11.6 Å². The van der Waals surface area contributed by atoms with Gasteiger partial charge in [-0.3, -0.25) is 4.79 Å². The van der Waals surface area contributed by atoms with Crippen LogP contribution in [0.3, 0.4) is 0 Å². The number of carbonyl (C=O) groups is 1. The molecule has 4 nitrogen and oxygen atoms in total. The first-order valence-corrected chi connectivity index (χ1v) is 5.55. The van der Waals surface area contributed by atoms with Crippen molar-refractivity contribution in [1.82, 2.24) is 10.3 Å². The molecule has 0 aliphatic carbocycles. The summed E-state index contributed by atoms with van der Waals surface area (Å²) in [4.78, 5) is 16.1. The van der Waals surface area contributed by atoms with Gasteiger partial charge in [-0.2, -0.15) is 0 Å². The van der Waals surface area contributed by atoms with E-state index >= 15 is 0 Å². The van der Waals surface area contributed by atoms with Crippen LogP contribution in [0, 0.1) is 5.41 Å². The number of aromatic nitrogens is 1. The fraction of sp³-hybridized carbons (Fsp3) is 0.500. The number of rotatable bonds is 3. The third-order valence-electron chi connectivity index (χ3n) is 3.25. The van der Waals surface area contributed by atoms with E-state index in [1.54, 1.807) is 12.3 Å². The largest absolute Gasteiger partial charge is 0.384 e. The Balaban J connectivity index is 2.07. The second-order valence-electron chi connectivity index (χ2n) is 4.68. The maximum absolute atomic E-state index is 12.1. The van der Waals surface area contributed by atoms with Crippen molar-refractivity contribution in [3.63, 3.8) is 0 Å². The summed E-state index contributed by atoms with van der Waals surface area (Å²) in [6, 6.07) is 3.61. The van der Waals surface area contributed by atoms with E-state index in [9.17, 15) is 4.79 Å². The smallest absolute Gasteiger partial charge is 0.144 e. The predicted molar refractivity (Wildman–Crippen MR) is 63.0 cm³/mol. The van der Waals surface area contributed by atoms with Crippen LogP contribution in [0.1, 0.15) is 18.9 Å². The third-order valence-corrected chi connectivity index (χ3v) is 3.25. The molecule has 1 aliphatic rings. The molecule has 1 aromatic heterocycles. The van der Waals surface area contributed by atoms with Crippen LogP contribution < -0.4 is 11.1 Å². The lowest BCUT2D eigenvalue weighted by molar-refractivity contribution is -0.126. The van der Waals surface area contributed by atoms with Crippen molar-refractivity contribution in [3.05, 3.63) is 23.9 Å². The van der Waals surface area contributed by atoms with Gasteiger partial charge in [0.2, 0.25) is 0 Å². The first kappa shape index (κ1) is 11.1. The van der Waals surface area contributed by atoms with Crippen LogP contribution in [0.4, 0.5) is 5.82 Å². The van der Waals surface area contributed by atoms with Crippen LogP contribution in [0.15, 0.2) is 18.3 Å². The number of ketones is 1. The molecule has 1 unspecified atom stereocenters. The fourth-order valence-electron chi connectivity index (χ4n) is 2.06. The molecule has 4 heteroatoms. The van der Waals surface area contributed by atoms with Gasteiger partial charge in [-0.1, -0.05) is 6.92 Å². The minimum atomic E-state index is -0.210. The summed E-state index contributed by atoms with van der Waals surface area (Å²) >= 11 is 0. The summed E-state index contributed by atoms with van der Waals surface area (Å²) < 4.78 is 0. The zero-order valence-electron chi connectivity index (χ0n) is 9.49. The number of carbonyl (C=O) groups excluding carboxylic acids is 1. The maximum Gasteiger partial charge on any atom is 0.144 e. The highest BCUT2D eigenvalue weighted by atomic mass is 16.1. The zero-order chi connectivity index (χ0) is 11.6. The van der Waals surface area contributed by atoms with Gasteiger partial charge in [-0.25, -0.2) is 4.98 Å². The third kappa shape index (κ3) is 2.22. The number of Topliss-reactive ketones (excluding diaryl/α,β-unsaturated/α-hetero) is 1. The van der Waals surface area contributed by atoms with Crippen molar-refractivity contribution < 1.29 is 4.79 Å². The lowest BCUT2D eigenvalue weighted by Gasteiger charge is -2.20. The lowest BCUT2D eigenvalue weighted by Crippen LogP contribution is -2.31. The van der Waals surface area contributed by atoms with Crippen LogP contribution in [-0.4, -0.2) is 23.9 Å². The van der Waals surface area contributed by atoms with Gasteiger partial charge in [-0.15, -0.1) is 0 Å². The monoisotopic (exact) mass is 219 g/mol. The predicted octanol–water partition coefficient (Wildman–Crippen LogP) is 0.775. The number of nitrogen functional groups attached to an aromatic ring is 1. The Kier molecular flexibility index (Phi) is 2.92. The molecule has 16 heavy (non-hydrogen) atoms. The molecule has 86 valence electrons. The van der Waals surface area contributed by atoms with E-state index in [1.165, 1.54) is 0 Å². The Morgan fingerprint density at radius 3 is 3.12 bits per heavy atom. The van der Waals surface area contributed by atoms with Crippen LogP contribution in [0.2, 0.25) is 0 Å². The summed E-state index contributed by atoms with van der Waals surface area (Å²) in [7, 11) is 0. The topological polar surface area (TPSA) is 68.0 Å². The molecule has 3 N–H and O–H groups in total. The number of anilines is 1. The second-order valence-corrected chi connectivity index (χ2v) is 4.68. The molecular weight excluding hydrogens is 202 g/mol. The molecule has 1 aliphatic heterocycles. The molecular formula is C12H17N3O. The minimum absolute atomic E-state index is 0.210. The first-order valence-electron chi connectivity index (χ1n) is 5.55. The molecule has 0 aromatic carbocycles. The van der Waals surface area contributed by atoms with Crippen LogP contribution in [-0.2, 0) is 11.2 Å². The summed E-state index contributed by atoms with van der Waals surface area (Å²) in [6.45, 7) is 3.74. The van der Waals surface area contributed by atoms with Crippen LogP contribution in [0.5, 0.6) is 0 Å². The molecule has 0 bridgehead atoms. The minimum Gasteiger partial charge on any atom is -0.384 e. The van der Waals surface area contributed by atoms with Gasteiger partial charge in [0.25, 0.3) is 0 Å². The summed E-state index contributed by atoms with van der Waals surface area (Å²) in [5, 5.41) is 3.23. The highest BCUT2D eigenvalue weighted by Gasteiger charge is 2.35. The van der Waals surface area contributed by atoms with Crippen molar-refractivity contribution in [2.24, 2.45) is 5.41 Å².